The number of alkyl halides is 1. The smallest absolute Gasteiger partial charge is 0.118 e. The van der Waals surface area contributed by atoms with E-state index in [2.05, 4.69) is 17.0 Å². The Labute approximate surface area is 109 Å². The van der Waals surface area contributed by atoms with Crippen LogP contribution < -0.4 is 4.74 Å². The van der Waals surface area contributed by atoms with Crippen molar-refractivity contribution in [2.75, 3.05) is 26.1 Å². The molecule has 1 aromatic carbocycles. The molecule has 0 aliphatic carbocycles. The minimum atomic E-state index is 0.593. The van der Waals surface area contributed by atoms with Gasteiger partial charge >= 0.3 is 0 Å². The molecule has 0 amide bonds. The maximum absolute atomic E-state index is 5.97. The van der Waals surface area contributed by atoms with Crippen LogP contribution in [0.4, 0.5) is 0 Å². The minimum Gasteiger partial charge on any atom is -0.497 e. The second-order valence-corrected chi connectivity index (χ2v) is 4.89. The van der Waals surface area contributed by atoms with Gasteiger partial charge in [-0.1, -0.05) is 12.1 Å². The Balaban J connectivity index is 1.84. The Kier molecular flexibility index (Phi) is 4.69. The normalized spacial score (nSPS) is 20.7. The van der Waals surface area contributed by atoms with Crippen molar-refractivity contribution in [1.29, 1.82) is 0 Å². The summed E-state index contributed by atoms with van der Waals surface area (Å²) in [5.41, 5.74) is 1.37. The van der Waals surface area contributed by atoms with Crippen molar-refractivity contribution in [3.8, 4) is 5.75 Å². The van der Waals surface area contributed by atoms with Crippen molar-refractivity contribution in [3.63, 3.8) is 0 Å². The molecule has 0 saturated carbocycles. The lowest BCUT2D eigenvalue weighted by Crippen LogP contribution is -2.32. The first-order chi connectivity index (χ1) is 8.33. The van der Waals surface area contributed by atoms with Gasteiger partial charge in [-0.3, -0.25) is 4.90 Å². The summed E-state index contributed by atoms with van der Waals surface area (Å²) in [7, 11) is 1.70. The molecule has 1 heterocycles. The Morgan fingerprint density at radius 3 is 2.76 bits per heavy atom. The SMILES string of the molecule is COc1ccc(CCN2CCCC2CCl)cc1. The number of rotatable bonds is 5. The number of hydrogen-bond donors (Lipinski definition) is 0. The van der Waals surface area contributed by atoms with E-state index in [0.717, 1.165) is 24.6 Å². The van der Waals surface area contributed by atoms with E-state index in [9.17, 15) is 0 Å². The molecule has 1 fully saturated rings. The fourth-order valence-electron chi connectivity index (χ4n) is 2.43. The van der Waals surface area contributed by atoms with Crippen LogP contribution in [0.5, 0.6) is 5.75 Å². The molecule has 94 valence electrons. The fraction of sp³-hybridized carbons (Fsp3) is 0.571. The zero-order chi connectivity index (χ0) is 12.1. The summed E-state index contributed by atoms with van der Waals surface area (Å²) in [5, 5.41) is 0. The predicted octanol–water partition coefficient (Wildman–Crippen LogP) is 2.94. The van der Waals surface area contributed by atoms with Crippen molar-refractivity contribution in [3.05, 3.63) is 29.8 Å². The summed E-state index contributed by atoms with van der Waals surface area (Å²) in [5.74, 6) is 1.69. The first-order valence-corrected chi connectivity index (χ1v) is 6.80. The molecule has 0 aromatic heterocycles. The molecule has 2 nitrogen and oxygen atoms in total. The van der Waals surface area contributed by atoms with E-state index < -0.39 is 0 Å². The molecule has 1 aromatic rings. The zero-order valence-electron chi connectivity index (χ0n) is 10.4. The molecule has 0 N–H and O–H groups in total. The zero-order valence-corrected chi connectivity index (χ0v) is 11.1. The Morgan fingerprint density at radius 2 is 2.12 bits per heavy atom. The summed E-state index contributed by atoms with van der Waals surface area (Å²) in [4.78, 5) is 2.51. The molecule has 1 aliphatic rings. The third-order valence-electron chi connectivity index (χ3n) is 3.52. The van der Waals surface area contributed by atoms with Crippen LogP contribution in [0.2, 0.25) is 0 Å². The van der Waals surface area contributed by atoms with Gasteiger partial charge in [0.15, 0.2) is 0 Å². The Morgan fingerprint density at radius 1 is 1.35 bits per heavy atom. The van der Waals surface area contributed by atoms with Crippen molar-refractivity contribution >= 4 is 11.6 Å². The van der Waals surface area contributed by atoms with E-state index in [-0.39, 0.29) is 0 Å². The highest BCUT2D eigenvalue weighted by Crippen LogP contribution is 2.19. The van der Waals surface area contributed by atoms with E-state index in [1.54, 1.807) is 7.11 Å². The topological polar surface area (TPSA) is 12.5 Å². The molecule has 0 bridgehead atoms. The summed E-state index contributed by atoms with van der Waals surface area (Å²) >= 11 is 5.97. The minimum absolute atomic E-state index is 0.593. The van der Waals surface area contributed by atoms with E-state index in [1.165, 1.54) is 24.9 Å². The van der Waals surface area contributed by atoms with Gasteiger partial charge in [0, 0.05) is 18.5 Å². The fourth-order valence-corrected chi connectivity index (χ4v) is 2.78. The first kappa shape index (κ1) is 12.7. The lowest BCUT2D eigenvalue weighted by Gasteiger charge is -2.22. The van der Waals surface area contributed by atoms with Crippen LogP contribution in [-0.2, 0) is 6.42 Å². The molecule has 1 aliphatic heterocycles. The first-order valence-electron chi connectivity index (χ1n) is 6.26. The van der Waals surface area contributed by atoms with Gasteiger partial charge < -0.3 is 4.74 Å². The number of likely N-dealkylation sites (tertiary alicyclic amines) is 1. The molecular weight excluding hydrogens is 234 g/mol. The number of benzene rings is 1. The van der Waals surface area contributed by atoms with Gasteiger partial charge in [-0.25, -0.2) is 0 Å². The summed E-state index contributed by atoms with van der Waals surface area (Å²) in [6, 6.07) is 8.93. The van der Waals surface area contributed by atoms with Gasteiger partial charge in [0.1, 0.15) is 5.75 Å². The number of methoxy groups -OCH3 is 1. The monoisotopic (exact) mass is 253 g/mol. The number of nitrogens with zero attached hydrogens (tertiary/aromatic N) is 1. The lowest BCUT2D eigenvalue weighted by atomic mass is 10.1. The molecule has 0 radical (unpaired) electrons. The second kappa shape index (κ2) is 6.27. The molecule has 3 heteroatoms. The summed E-state index contributed by atoms with van der Waals surface area (Å²) in [6.45, 7) is 2.32. The van der Waals surface area contributed by atoms with Crippen molar-refractivity contribution < 1.29 is 4.74 Å². The van der Waals surface area contributed by atoms with Crippen LogP contribution in [0.1, 0.15) is 18.4 Å². The number of halogens is 1. The average Bonchev–Trinajstić information content (AvgIpc) is 2.84. The quantitative estimate of drug-likeness (QED) is 0.749. The van der Waals surface area contributed by atoms with Gasteiger partial charge in [0.05, 0.1) is 7.11 Å². The maximum atomic E-state index is 5.97. The standard InChI is InChI=1S/C14H20ClNO/c1-17-14-6-4-12(5-7-14)8-10-16-9-2-3-13(16)11-15/h4-7,13H,2-3,8-11H2,1H3. The van der Waals surface area contributed by atoms with E-state index in [1.807, 2.05) is 12.1 Å². The van der Waals surface area contributed by atoms with Crippen LogP contribution in [0.15, 0.2) is 24.3 Å². The molecule has 17 heavy (non-hydrogen) atoms. The highest BCUT2D eigenvalue weighted by molar-refractivity contribution is 6.18. The van der Waals surface area contributed by atoms with Crippen LogP contribution in [-0.4, -0.2) is 37.0 Å². The highest BCUT2D eigenvalue weighted by atomic mass is 35.5. The molecule has 0 spiro atoms. The van der Waals surface area contributed by atoms with Gasteiger partial charge in [-0.15, -0.1) is 11.6 Å². The van der Waals surface area contributed by atoms with Crippen molar-refractivity contribution in [2.45, 2.75) is 25.3 Å². The van der Waals surface area contributed by atoms with Crippen molar-refractivity contribution in [2.24, 2.45) is 0 Å². The molecular formula is C14H20ClNO. The number of hydrogen-bond acceptors (Lipinski definition) is 2. The van der Waals surface area contributed by atoms with E-state index in [0.29, 0.717) is 6.04 Å². The maximum Gasteiger partial charge on any atom is 0.118 e. The molecule has 1 unspecified atom stereocenters. The third-order valence-corrected chi connectivity index (χ3v) is 3.88. The van der Waals surface area contributed by atoms with Crippen LogP contribution in [0.25, 0.3) is 0 Å². The van der Waals surface area contributed by atoms with E-state index in [4.69, 9.17) is 16.3 Å². The third kappa shape index (κ3) is 3.36. The molecule has 2 rings (SSSR count). The van der Waals surface area contributed by atoms with Gasteiger partial charge in [-0.05, 0) is 43.5 Å². The van der Waals surface area contributed by atoms with Crippen molar-refractivity contribution in [1.82, 2.24) is 4.90 Å². The Bertz CT molecular complexity index is 339. The average molecular weight is 254 g/mol. The van der Waals surface area contributed by atoms with Gasteiger partial charge in [0.2, 0.25) is 0 Å². The summed E-state index contributed by atoms with van der Waals surface area (Å²) < 4.78 is 5.15. The summed E-state index contributed by atoms with van der Waals surface area (Å²) in [6.07, 6.45) is 3.64. The molecule has 1 atom stereocenters. The lowest BCUT2D eigenvalue weighted by molar-refractivity contribution is 0.275. The number of ether oxygens (including phenoxy) is 1. The second-order valence-electron chi connectivity index (χ2n) is 4.58. The van der Waals surface area contributed by atoms with Gasteiger partial charge in [0.25, 0.3) is 0 Å². The predicted molar refractivity (Wildman–Crippen MR) is 72.0 cm³/mol. The van der Waals surface area contributed by atoms with E-state index >= 15 is 0 Å². The molecule has 1 saturated heterocycles. The highest BCUT2D eigenvalue weighted by Gasteiger charge is 2.22. The van der Waals surface area contributed by atoms with Crippen LogP contribution in [0, 0.1) is 0 Å². The van der Waals surface area contributed by atoms with Gasteiger partial charge in [-0.2, -0.15) is 0 Å². The van der Waals surface area contributed by atoms with Crippen LogP contribution in [0.3, 0.4) is 0 Å². The largest absolute Gasteiger partial charge is 0.497 e. The Hall–Kier alpha value is -0.730. The van der Waals surface area contributed by atoms with Crippen LogP contribution >= 0.6 is 11.6 Å².